The molecule has 0 radical (unpaired) electrons. The zero-order chi connectivity index (χ0) is 12.3. The van der Waals surface area contributed by atoms with Gasteiger partial charge in [-0.15, -0.1) is 11.3 Å². The Balaban J connectivity index is 2.00. The normalized spacial score (nSPS) is 19.5. The molecule has 2 nitrogen and oxygen atoms in total. The Morgan fingerprint density at radius 3 is 2.71 bits per heavy atom. The van der Waals surface area contributed by atoms with Crippen LogP contribution >= 0.6 is 27.3 Å². The van der Waals surface area contributed by atoms with Crippen molar-refractivity contribution in [1.82, 2.24) is 5.32 Å². The maximum Gasteiger partial charge on any atom is 0.0541 e. The predicted molar refractivity (Wildman–Crippen MR) is 78.6 cm³/mol. The van der Waals surface area contributed by atoms with E-state index in [9.17, 15) is 0 Å². The van der Waals surface area contributed by atoms with Crippen molar-refractivity contribution < 1.29 is 0 Å². The van der Waals surface area contributed by atoms with Crippen LogP contribution in [0.4, 0.5) is 0 Å². The molecule has 96 valence electrons. The van der Waals surface area contributed by atoms with Gasteiger partial charge in [-0.25, -0.2) is 0 Å². The van der Waals surface area contributed by atoms with Gasteiger partial charge in [-0.1, -0.05) is 19.3 Å². The zero-order valence-electron chi connectivity index (χ0n) is 10.3. The highest BCUT2D eigenvalue weighted by atomic mass is 79.9. The molecule has 4 heteroatoms. The van der Waals surface area contributed by atoms with Crippen LogP contribution in [-0.4, -0.2) is 12.6 Å². The van der Waals surface area contributed by atoms with Crippen LogP contribution in [0.25, 0.3) is 0 Å². The summed E-state index contributed by atoms with van der Waals surface area (Å²) in [6, 6.07) is 3.21. The molecule has 1 unspecified atom stereocenters. The van der Waals surface area contributed by atoms with Crippen molar-refractivity contribution in [2.24, 2.45) is 5.73 Å². The maximum atomic E-state index is 5.91. The Morgan fingerprint density at radius 2 is 2.18 bits per heavy atom. The molecule has 0 bridgehead atoms. The largest absolute Gasteiger partial charge is 0.329 e. The first-order valence-corrected chi connectivity index (χ1v) is 8.03. The maximum absolute atomic E-state index is 5.91. The SMILES string of the molecule is Cc1sc(C(CN)NC2CCCCC2)cc1Br. The van der Waals surface area contributed by atoms with Crippen LogP contribution in [0.1, 0.15) is 47.9 Å². The van der Waals surface area contributed by atoms with Crippen molar-refractivity contribution in [2.45, 2.75) is 51.1 Å². The van der Waals surface area contributed by atoms with E-state index in [1.165, 1.54) is 46.3 Å². The van der Waals surface area contributed by atoms with Crippen molar-refractivity contribution in [1.29, 1.82) is 0 Å². The van der Waals surface area contributed by atoms with E-state index in [1.54, 1.807) is 0 Å². The number of thiophene rings is 1. The molecule has 1 fully saturated rings. The van der Waals surface area contributed by atoms with E-state index < -0.39 is 0 Å². The second-order valence-electron chi connectivity index (χ2n) is 4.84. The number of hydrogen-bond donors (Lipinski definition) is 2. The van der Waals surface area contributed by atoms with Crippen LogP contribution in [0.15, 0.2) is 10.5 Å². The van der Waals surface area contributed by atoms with Gasteiger partial charge in [-0.05, 0) is 41.8 Å². The summed E-state index contributed by atoms with van der Waals surface area (Å²) in [4.78, 5) is 2.70. The molecule has 1 aliphatic carbocycles. The lowest BCUT2D eigenvalue weighted by atomic mass is 9.95. The number of hydrogen-bond acceptors (Lipinski definition) is 3. The van der Waals surface area contributed by atoms with Crippen LogP contribution in [-0.2, 0) is 0 Å². The fourth-order valence-corrected chi connectivity index (χ4v) is 4.11. The third-order valence-corrected chi connectivity index (χ3v) is 5.75. The summed E-state index contributed by atoms with van der Waals surface area (Å²) in [7, 11) is 0. The van der Waals surface area contributed by atoms with E-state index in [2.05, 4.69) is 34.2 Å². The molecular weight excluding hydrogens is 296 g/mol. The fraction of sp³-hybridized carbons (Fsp3) is 0.692. The summed E-state index contributed by atoms with van der Waals surface area (Å²) >= 11 is 5.43. The first-order chi connectivity index (χ1) is 8.20. The minimum atomic E-state index is 0.327. The standard InChI is InChI=1S/C13H21BrN2S/c1-9-11(14)7-13(17-9)12(8-15)16-10-5-3-2-4-6-10/h7,10,12,16H,2-6,8,15H2,1H3. The molecule has 1 saturated carbocycles. The summed E-state index contributed by atoms with van der Waals surface area (Å²) in [5.41, 5.74) is 5.91. The third-order valence-electron chi connectivity index (χ3n) is 3.50. The Hall–Kier alpha value is 0.100. The van der Waals surface area contributed by atoms with Crippen molar-refractivity contribution >= 4 is 27.3 Å². The van der Waals surface area contributed by atoms with Crippen LogP contribution in [0, 0.1) is 6.92 Å². The van der Waals surface area contributed by atoms with Crippen molar-refractivity contribution in [3.05, 3.63) is 20.3 Å². The van der Waals surface area contributed by atoms with Crippen LogP contribution in [0.5, 0.6) is 0 Å². The Labute approximate surface area is 116 Å². The molecular formula is C13H21BrN2S. The molecule has 0 aliphatic heterocycles. The van der Waals surface area contributed by atoms with Crippen molar-refractivity contribution in [3.8, 4) is 0 Å². The summed E-state index contributed by atoms with van der Waals surface area (Å²) in [5, 5.41) is 3.73. The molecule has 1 aromatic rings. The first kappa shape index (κ1) is 13.5. The van der Waals surface area contributed by atoms with Crippen molar-refractivity contribution in [2.75, 3.05) is 6.54 Å². The lowest BCUT2D eigenvalue weighted by molar-refractivity contribution is 0.342. The average Bonchev–Trinajstić information content (AvgIpc) is 2.68. The van der Waals surface area contributed by atoms with Gasteiger partial charge in [-0.3, -0.25) is 0 Å². The monoisotopic (exact) mass is 316 g/mol. The molecule has 1 aromatic heterocycles. The Kier molecular flexibility index (Phi) is 5.03. The molecule has 3 N–H and O–H groups in total. The van der Waals surface area contributed by atoms with Gasteiger partial charge in [0.15, 0.2) is 0 Å². The highest BCUT2D eigenvalue weighted by Crippen LogP contribution is 2.31. The van der Waals surface area contributed by atoms with Gasteiger partial charge in [0.25, 0.3) is 0 Å². The van der Waals surface area contributed by atoms with Gasteiger partial charge >= 0.3 is 0 Å². The third kappa shape index (κ3) is 3.53. The summed E-state index contributed by atoms with van der Waals surface area (Å²) in [6.45, 7) is 2.83. The van der Waals surface area contributed by atoms with Gasteiger partial charge in [0.2, 0.25) is 0 Å². The molecule has 1 aliphatic rings. The second kappa shape index (κ2) is 6.32. The molecule has 1 atom stereocenters. The zero-order valence-corrected chi connectivity index (χ0v) is 12.7. The van der Waals surface area contributed by atoms with E-state index in [4.69, 9.17) is 5.73 Å². The predicted octanol–water partition coefficient (Wildman–Crippen LogP) is 3.74. The quantitative estimate of drug-likeness (QED) is 0.888. The smallest absolute Gasteiger partial charge is 0.0541 e. The molecule has 2 rings (SSSR count). The Bertz CT molecular complexity index is 339. The summed E-state index contributed by atoms with van der Waals surface area (Å²) in [5.74, 6) is 0. The van der Waals surface area contributed by atoms with E-state index in [0.717, 1.165) is 0 Å². The Morgan fingerprint density at radius 1 is 1.47 bits per heavy atom. The van der Waals surface area contributed by atoms with Gasteiger partial charge in [0, 0.05) is 26.8 Å². The van der Waals surface area contributed by atoms with E-state index in [0.29, 0.717) is 18.6 Å². The number of nitrogens with one attached hydrogen (secondary N) is 1. The number of aryl methyl sites for hydroxylation is 1. The highest BCUT2D eigenvalue weighted by Gasteiger charge is 2.19. The van der Waals surface area contributed by atoms with E-state index >= 15 is 0 Å². The van der Waals surface area contributed by atoms with Gasteiger partial charge in [0.1, 0.15) is 0 Å². The van der Waals surface area contributed by atoms with Crippen LogP contribution in [0.3, 0.4) is 0 Å². The van der Waals surface area contributed by atoms with Gasteiger partial charge < -0.3 is 11.1 Å². The minimum Gasteiger partial charge on any atom is -0.329 e. The molecule has 17 heavy (non-hydrogen) atoms. The molecule has 0 saturated heterocycles. The topological polar surface area (TPSA) is 38.0 Å². The van der Waals surface area contributed by atoms with Crippen LogP contribution < -0.4 is 11.1 Å². The second-order valence-corrected chi connectivity index (χ2v) is 6.99. The van der Waals surface area contributed by atoms with Gasteiger partial charge in [0.05, 0.1) is 6.04 Å². The van der Waals surface area contributed by atoms with E-state index in [-0.39, 0.29) is 0 Å². The molecule has 0 aromatic carbocycles. The number of halogens is 1. The minimum absolute atomic E-state index is 0.327. The van der Waals surface area contributed by atoms with E-state index in [1.807, 2.05) is 11.3 Å². The lowest BCUT2D eigenvalue weighted by Crippen LogP contribution is -2.37. The highest BCUT2D eigenvalue weighted by molar-refractivity contribution is 9.10. The summed E-state index contributed by atoms with van der Waals surface area (Å²) < 4.78 is 1.21. The number of nitrogens with two attached hydrogens (primary N) is 1. The number of rotatable bonds is 4. The average molecular weight is 317 g/mol. The molecule has 0 amide bonds. The lowest BCUT2D eigenvalue weighted by Gasteiger charge is -2.27. The van der Waals surface area contributed by atoms with Crippen LogP contribution in [0.2, 0.25) is 0 Å². The first-order valence-electron chi connectivity index (χ1n) is 6.42. The summed E-state index contributed by atoms with van der Waals surface area (Å²) in [6.07, 6.45) is 6.74. The van der Waals surface area contributed by atoms with Crippen molar-refractivity contribution in [3.63, 3.8) is 0 Å². The molecule has 1 heterocycles. The molecule has 0 spiro atoms. The fourth-order valence-electron chi connectivity index (χ4n) is 2.47. The van der Waals surface area contributed by atoms with Gasteiger partial charge in [-0.2, -0.15) is 0 Å².